The van der Waals surface area contributed by atoms with Crippen LogP contribution in [-0.4, -0.2) is 23.5 Å². The minimum Gasteiger partial charge on any atom is -0.362 e. The van der Waals surface area contributed by atoms with E-state index in [9.17, 15) is 0 Å². The smallest absolute Gasteiger partial charge is 0.156 e. The van der Waals surface area contributed by atoms with Crippen LogP contribution in [0.2, 0.25) is 0 Å². The summed E-state index contributed by atoms with van der Waals surface area (Å²) in [6.45, 7) is 5.55. The third-order valence-electron chi connectivity index (χ3n) is 3.79. The van der Waals surface area contributed by atoms with Crippen molar-refractivity contribution in [2.75, 3.05) is 12.3 Å². The lowest BCUT2D eigenvalue weighted by molar-refractivity contribution is 0.566. The molecule has 0 bridgehead atoms. The Hall–Kier alpha value is -0.180. The molecule has 1 saturated heterocycles. The zero-order valence-electron chi connectivity index (χ0n) is 12.9. The standard InChI is InChI=1S/C16H32N2S/c1-3-5-6-7-8-9-10-11-13-17-16-18-15(4-2)12-14-19-16/h15H,3-14H2,1-2H3,(H,17,18). The van der Waals surface area contributed by atoms with Crippen molar-refractivity contribution in [2.45, 2.75) is 84.1 Å². The Morgan fingerprint density at radius 2 is 1.74 bits per heavy atom. The molecule has 0 amide bonds. The van der Waals surface area contributed by atoms with Crippen molar-refractivity contribution in [1.29, 1.82) is 0 Å². The van der Waals surface area contributed by atoms with Crippen molar-refractivity contribution >= 4 is 16.9 Å². The Balaban J connectivity index is 1.94. The molecule has 0 saturated carbocycles. The van der Waals surface area contributed by atoms with Crippen LogP contribution in [0.5, 0.6) is 0 Å². The molecule has 1 fully saturated rings. The number of unbranched alkanes of at least 4 members (excludes halogenated alkanes) is 7. The Kier molecular flexibility index (Phi) is 10.3. The minimum absolute atomic E-state index is 0.665. The summed E-state index contributed by atoms with van der Waals surface area (Å²) in [4.78, 5) is 4.70. The molecule has 2 nitrogen and oxygen atoms in total. The van der Waals surface area contributed by atoms with Crippen LogP contribution in [-0.2, 0) is 0 Å². The number of hydrogen-bond acceptors (Lipinski definition) is 2. The molecule has 1 unspecified atom stereocenters. The van der Waals surface area contributed by atoms with Gasteiger partial charge in [0, 0.05) is 18.3 Å². The van der Waals surface area contributed by atoms with Gasteiger partial charge in [-0.05, 0) is 19.3 Å². The zero-order chi connectivity index (χ0) is 13.8. The molecule has 112 valence electrons. The summed E-state index contributed by atoms with van der Waals surface area (Å²) in [5.74, 6) is 1.24. The highest BCUT2D eigenvalue weighted by atomic mass is 32.2. The number of nitrogens with zero attached hydrogens (tertiary/aromatic N) is 1. The fourth-order valence-electron chi connectivity index (χ4n) is 2.41. The Morgan fingerprint density at radius 1 is 1.05 bits per heavy atom. The van der Waals surface area contributed by atoms with Gasteiger partial charge in [-0.15, -0.1) is 0 Å². The number of rotatable bonds is 10. The van der Waals surface area contributed by atoms with Crippen LogP contribution < -0.4 is 5.32 Å². The first-order valence-electron chi connectivity index (χ1n) is 8.30. The first kappa shape index (κ1) is 16.9. The predicted molar refractivity (Wildman–Crippen MR) is 89.2 cm³/mol. The molecule has 3 heteroatoms. The summed E-state index contributed by atoms with van der Waals surface area (Å²) >= 11 is 1.90. The summed E-state index contributed by atoms with van der Waals surface area (Å²) in [5, 5.41) is 4.74. The van der Waals surface area contributed by atoms with E-state index in [4.69, 9.17) is 4.99 Å². The molecule has 0 aliphatic carbocycles. The highest BCUT2D eigenvalue weighted by Crippen LogP contribution is 2.16. The van der Waals surface area contributed by atoms with E-state index in [2.05, 4.69) is 19.2 Å². The summed E-state index contributed by atoms with van der Waals surface area (Å²) < 4.78 is 0. The number of amidine groups is 1. The van der Waals surface area contributed by atoms with Gasteiger partial charge in [-0.1, -0.05) is 70.6 Å². The fourth-order valence-corrected chi connectivity index (χ4v) is 3.44. The molecular weight excluding hydrogens is 252 g/mol. The van der Waals surface area contributed by atoms with Crippen LogP contribution >= 0.6 is 11.8 Å². The van der Waals surface area contributed by atoms with E-state index in [1.807, 2.05) is 11.8 Å². The zero-order valence-corrected chi connectivity index (χ0v) is 13.7. The average molecular weight is 285 g/mol. The molecule has 0 spiro atoms. The summed E-state index contributed by atoms with van der Waals surface area (Å²) in [6.07, 6.45) is 13.6. The molecular formula is C16H32N2S. The molecule has 19 heavy (non-hydrogen) atoms. The third kappa shape index (κ3) is 8.56. The van der Waals surface area contributed by atoms with Gasteiger partial charge in [0.2, 0.25) is 0 Å². The van der Waals surface area contributed by atoms with Crippen molar-refractivity contribution in [3.8, 4) is 0 Å². The lowest BCUT2D eigenvalue weighted by Gasteiger charge is -2.24. The largest absolute Gasteiger partial charge is 0.362 e. The van der Waals surface area contributed by atoms with E-state index in [0.29, 0.717) is 6.04 Å². The normalized spacial score (nSPS) is 21.6. The summed E-state index contributed by atoms with van der Waals surface area (Å²) in [5.41, 5.74) is 0. The van der Waals surface area contributed by atoms with Crippen LogP contribution in [0.4, 0.5) is 0 Å². The summed E-state index contributed by atoms with van der Waals surface area (Å²) in [7, 11) is 0. The molecule has 0 aromatic carbocycles. The molecule has 1 heterocycles. The molecule has 0 aromatic rings. The molecule has 1 N–H and O–H groups in total. The number of aliphatic imine (C=N–C) groups is 1. The van der Waals surface area contributed by atoms with Gasteiger partial charge >= 0.3 is 0 Å². The molecule has 0 aromatic heterocycles. The van der Waals surface area contributed by atoms with Crippen molar-refractivity contribution in [3.63, 3.8) is 0 Å². The van der Waals surface area contributed by atoms with Crippen LogP contribution in [0.1, 0.15) is 78.1 Å². The molecule has 1 atom stereocenters. The lowest BCUT2D eigenvalue weighted by atomic mass is 10.1. The second-order valence-electron chi connectivity index (χ2n) is 5.55. The molecule has 1 aliphatic heterocycles. The van der Waals surface area contributed by atoms with E-state index in [0.717, 1.165) is 6.54 Å². The van der Waals surface area contributed by atoms with Gasteiger partial charge in [-0.2, -0.15) is 0 Å². The quantitative estimate of drug-likeness (QED) is 0.572. The van der Waals surface area contributed by atoms with Gasteiger partial charge in [0.05, 0.1) is 0 Å². The lowest BCUT2D eigenvalue weighted by Crippen LogP contribution is -2.37. The fraction of sp³-hybridized carbons (Fsp3) is 0.938. The number of thioether (sulfide) groups is 1. The highest BCUT2D eigenvalue weighted by Gasteiger charge is 2.14. The third-order valence-corrected chi connectivity index (χ3v) is 4.75. The van der Waals surface area contributed by atoms with Gasteiger partial charge in [-0.25, -0.2) is 0 Å². The van der Waals surface area contributed by atoms with Crippen LogP contribution in [0.25, 0.3) is 0 Å². The van der Waals surface area contributed by atoms with Gasteiger partial charge < -0.3 is 5.32 Å². The second-order valence-corrected chi connectivity index (χ2v) is 6.63. The molecule has 0 radical (unpaired) electrons. The van der Waals surface area contributed by atoms with E-state index >= 15 is 0 Å². The maximum atomic E-state index is 4.70. The Labute approximate surface area is 124 Å². The van der Waals surface area contributed by atoms with Crippen LogP contribution in [0, 0.1) is 0 Å². The highest BCUT2D eigenvalue weighted by molar-refractivity contribution is 8.13. The van der Waals surface area contributed by atoms with Crippen LogP contribution in [0.3, 0.4) is 0 Å². The topological polar surface area (TPSA) is 24.4 Å². The Morgan fingerprint density at radius 3 is 2.42 bits per heavy atom. The number of nitrogens with one attached hydrogen (secondary N) is 1. The van der Waals surface area contributed by atoms with Crippen molar-refractivity contribution in [3.05, 3.63) is 0 Å². The van der Waals surface area contributed by atoms with Gasteiger partial charge in [0.1, 0.15) is 0 Å². The molecule has 1 aliphatic rings. The van der Waals surface area contributed by atoms with Gasteiger partial charge in [0.15, 0.2) is 5.17 Å². The SMILES string of the molecule is CCCCCCCCCCN=C1NC(CC)CCS1. The van der Waals surface area contributed by atoms with Crippen LogP contribution in [0.15, 0.2) is 4.99 Å². The maximum Gasteiger partial charge on any atom is 0.156 e. The Bertz CT molecular complexity index is 241. The first-order chi connectivity index (χ1) is 9.36. The van der Waals surface area contributed by atoms with E-state index in [-0.39, 0.29) is 0 Å². The number of hydrogen-bond donors (Lipinski definition) is 1. The second kappa shape index (κ2) is 11.6. The van der Waals surface area contributed by atoms with Gasteiger partial charge in [-0.3, -0.25) is 4.99 Å². The maximum absolute atomic E-state index is 4.70. The summed E-state index contributed by atoms with van der Waals surface area (Å²) in [6, 6.07) is 0.665. The van der Waals surface area contributed by atoms with Crippen molar-refractivity contribution in [2.24, 2.45) is 4.99 Å². The van der Waals surface area contributed by atoms with E-state index < -0.39 is 0 Å². The predicted octanol–water partition coefficient (Wildman–Crippen LogP) is 4.99. The molecule has 1 rings (SSSR count). The van der Waals surface area contributed by atoms with E-state index in [1.165, 1.54) is 75.1 Å². The van der Waals surface area contributed by atoms with Crippen molar-refractivity contribution < 1.29 is 0 Å². The first-order valence-corrected chi connectivity index (χ1v) is 9.29. The monoisotopic (exact) mass is 284 g/mol. The van der Waals surface area contributed by atoms with E-state index in [1.54, 1.807) is 0 Å². The van der Waals surface area contributed by atoms with Gasteiger partial charge in [0.25, 0.3) is 0 Å². The minimum atomic E-state index is 0.665. The average Bonchev–Trinajstić information content (AvgIpc) is 2.46. The van der Waals surface area contributed by atoms with Crippen molar-refractivity contribution in [1.82, 2.24) is 5.32 Å².